The SMILES string of the molecule is O=C(NC1c2ccccc2CCc2ccccc21)[C@@H]1[C@H](C(=O)O)[C@@H]2CC[C@H]1O2. The zero-order valence-electron chi connectivity index (χ0n) is 15.5. The number of carbonyl (C=O) groups is 2. The Morgan fingerprint density at radius 2 is 1.39 bits per heavy atom. The molecule has 0 saturated carbocycles. The van der Waals surface area contributed by atoms with E-state index in [-0.39, 0.29) is 24.2 Å². The highest BCUT2D eigenvalue weighted by molar-refractivity contribution is 5.87. The molecule has 2 fully saturated rings. The molecule has 1 amide bonds. The fraction of sp³-hybridized carbons (Fsp3) is 0.391. The third-order valence-corrected chi connectivity index (χ3v) is 6.54. The lowest BCUT2D eigenvalue weighted by Crippen LogP contribution is -2.45. The summed E-state index contributed by atoms with van der Waals surface area (Å²) < 4.78 is 5.79. The van der Waals surface area contributed by atoms with Gasteiger partial charge in [0, 0.05) is 0 Å². The van der Waals surface area contributed by atoms with Gasteiger partial charge in [-0.25, -0.2) is 0 Å². The number of rotatable bonds is 3. The van der Waals surface area contributed by atoms with Crippen LogP contribution >= 0.6 is 0 Å². The maximum Gasteiger partial charge on any atom is 0.310 e. The van der Waals surface area contributed by atoms with Gasteiger partial charge < -0.3 is 15.2 Å². The number of amides is 1. The Morgan fingerprint density at radius 3 is 1.96 bits per heavy atom. The van der Waals surface area contributed by atoms with Gasteiger partial charge in [-0.3, -0.25) is 9.59 Å². The number of fused-ring (bicyclic) bond motifs is 4. The topological polar surface area (TPSA) is 75.6 Å². The van der Waals surface area contributed by atoms with E-state index in [1.807, 2.05) is 24.3 Å². The van der Waals surface area contributed by atoms with E-state index in [4.69, 9.17) is 4.74 Å². The Bertz CT molecular complexity index is 892. The average molecular weight is 377 g/mol. The van der Waals surface area contributed by atoms with Gasteiger partial charge in [0.25, 0.3) is 0 Å². The standard InChI is InChI=1S/C23H23NO4/c25-22(19-17-11-12-18(28-17)20(19)23(26)27)24-21-15-7-3-1-5-13(15)9-10-14-6-2-4-8-16(14)21/h1-8,17-21H,9-12H2,(H,24,25)(H,26,27)/t17-,18+,19+,20-/m1/s1. The molecule has 5 heteroatoms. The van der Waals surface area contributed by atoms with Crippen molar-refractivity contribution >= 4 is 11.9 Å². The van der Waals surface area contributed by atoms with Crippen molar-refractivity contribution in [1.29, 1.82) is 0 Å². The minimum absolute atomic E-state index is 0.212. The van der Waals surface area contributed by atoms with Crippen molar-refractivity contribution in [3.05, 3.63) is 70.8 Å². The summed E-state index contributed by atoms with van der Waals surface area (Å²) in [6, 6.07) is 16.1. The molecule has 2 aliphatic heterocycles. The zero-order valence-corrected chi connectivity index (χ0v) is 15.5. The smallest absolute Gasteiger partial charge is 0.310 e. The summed E-state index contributed by atoms with van der Waals surface area (Å²) in [5.41, 5.74) is 4.64. The molecule has 2 saturated heterocycles. The Kier molecular flexibility index (Phi) is 4.20. The lowest BCUT2D eigenvalue weighted by molar-refractivity contribution is -0.148. The average Bonchev–Trinajstić information content (AvgIpc) is 3.29. The second-order valence-electron chi connectivity index (χ2n) is 8.02. The lowest BCUT2D eigenvalue weighted by atomic mass is 9.78. The minimum Gasteiger partial charge on any atom is -0.481 e. The van der Waals surface area contributed by atoms with Crippen molar-refractivity contribution < 1.29 is 19.4 Å². The second kappa shape index (κ2) is 6.74. The highest BCUT2D eigenvalue weighted by Gasteiger charge is 2.55. The number of ether oxygens (including phenoxy) is 1. The van der Waals surface area contributed by atoms with E-state index in [2.05, 4.69) is 29.6 Å². The Morgan fingerprint density at radius 1 is 0.857 bits per heavy atom. The summed E-state index contributed by atoms with van der Waals surface area (Å²) in [5.74, 6) is -2.53. The number of carboxylic acids is 1. The normalized spacial score (nSPS) is 28.3. The van der Waals surface area contributed by atoms with Crippen LogP contribution < -0.4 is 5.32 Å². The molecule has 1 aliphatic carbocycles. The zero-order chi connectivity index (χ0) is 19.3. The molecule has 5 rings (SSSR count). The van der Waals surface area contributed by atoms with Crippen LogP contribution in [0.2, 0.25) is 0 Å². The highest BCUT2D eigenvalue weighted by atomic mass is 16.5. The highest BCUT2D eigenvalue weighted by Crippen LogP contribution is 2.44. The molecule has 0 radical (unpaired) electrons. The quantitative estimate of drug-likeness (QED) is 0.862. The number of hydrogen-bond acceptors (Lipinski definition) is 3. The summed E-state index contributed by atoms with van der Waals surface area (Å²) in [6.45, 7) is 0. The maximum atomic E-state index is 13.3. The molecule has 5 nitrogen and oxygen atoms in total. The maximum absolute atomic E-state index is 13.3. The molecule has 0 spiro atoms. The summed E-state index contributed by atoms with van der Waals surface area (Å²) in [7, 11) is 0. The van der Waals surface area contributed by atoms with E-state index in [1.165, 1.54) is 11.1 Å². The van der Waals surface area contributed by atoms with Gasteiger partial charge in [0.15, 0.2) is 0 Å². The van der Waals surface area contributed by atoms with Crippen LogP contribution in [0.1, 0.15) is 41.1 Å². The first kappa shape index (κ1) is 17.4. The van der Waals surface area contributed by atoms with Gasteiger partial charge in [0.2, 0.25) is 5.91 Å². The van der Waals surface area contributed by atoms with Crippen LogP contribution in [0.3, 0.4) is 0 Å². The van der Waals surface area contributed by atoms with Crippen LogP contribution in [-0.2, 0) is 27.2 Å². The van der Waals surface area contributed by atoms with Gasteiger partial charge in [-0.2, -0.15) is 0 Å². The number of aliphatic carboxylic acids is 1. The second-order valence-corrected chi connectivity index (χ2v) is 8.02. The van der Waals surface area contributed by atoms with Crippen molar-refractivity contribution in [3.8, 4) is 0 Å². The predicted octanol–water partition coefficient (Wildman–Crippen LogP) is 2.87. The molecule has 2 N–H and O–H groups in total. The number of hydrogen-bond donors (Lipinski definition) is 2. The van der Waals surface area contributed by atoms with E-state index in [9.17, 15) is 14.7 Å². The van der Waals surface area contributed by atoms with Crippen LogP contribution in [0.4, 0.5) is 0 Å². The summed E-state index contributed by atoms with van der Waals surface area (Å²) >= 11 is 0. The third kappa shape index (κ3) is 2.73. The monoisotopic (exact) mass is 377 g/mol. The fourth-order valence-corrected chi connectivity index (χ4v) is 5.24. The first-order valence-corrected chi connectivity index (χ1v) is 9.97. The molecular formula is C23H23NO4. The molecular weight excluding hydrogens is 354 g/mol. The summed E-state index contributed by atoms with van der Waals surface area (Å²) in [4.78, 5) is 25.1. The summed E-state index contributed by atoms with van der Waals surface area (Å²) in [6.07, 6.45) is 2.70. The molecule has 0 aromatic heterocycles. The van der Waals surface area contributed by atoms with Crippen LogP contribution in [0.15, 0.2) is 48.5 Å². The number of carboxylic acid groups (broad SMARTS) is 1. The van der Waals surface area contributed by atoms with Crippen LogP contribution in [0.5, 0.6) is 0 Å². The number of carbonyl (C=O) groups excluding carboxylic acids is 1. The number of nitrogens with one attached hydrogen (secondary N) is 1. The van der Waals surface area contributed by atoms with E-state index in [0.717, 1.165) is 36.8 Å². The van der Waals surface area contributed by atoms with Crippen LogP contribution in [0, 0.1) is 11.8 Å². The molecule has 2 heterocycles. The van der Waals surface area contributed by atoms with E-state index < -0.39 is 17.8 Å². The van der Waals surface area contributed by atoms with E-state index in [1.54, 1.807) is 0 Å². The van der Waals surface area contributed by atoms with Crippen molar-refractivity contribution in [3.63, 3.8) is 0 Å². The molecule has 144 valence electrons. The van der Waals surface area contributed by atoms with Gasteiger partial charge in [0.05, 0.1) is 30.1 Å². The fourth-order valence-electron chi connectivity index (χ4n) is 5.24. The number of aryl methyl sites for hydroxylation is 2. The molecule has 0 unspecified atom stereocenters. The molecule has 28 heavy (non-hydrogen) atoms. The molecule has 2 aromatic rings. The lowest BCUT2D eigenvalue weighted by Gasteiger charge is -2.28. The Hall–Kier alpha value is -2.66. The van der Waals surface area contributed by atoms with Crippen LogP contribution in [-0.4, -0.2) is 29.2 Å². The Balaban J connectivity index is 1.51. The molecule has 2 aromatic carbocycles. The first-order chi connectivity index (χ1) is 13.6. The van der Waals surface area contributed by atoms with Gasteiger partial charge in [-0.15, -0.1) is 0 Å². The third-order valence-electron chi connectivity index (χ3n) is 6.54. The minimum atomic E-state index is -0.936. The van der Waals surface area contributed by atoms with Gasteiger partial charge in [-0.05, 0) is 47.9 Å². The van der Waals surface area contributed by atoms with Crippen LogP contribution in [0.25, 0.3) is 0 Å². The van der Waals surface area contributed by atoms with Crippen molar-refractivity contribution in [2.24, 2.45) is 11.8 Å². The predicted molar refractivity (Wildman–Crippen MR) is 103 cm³/mol. The largest absolute Gasteiger partial charge is 0.481 e. The first-order valence-electron chi connectivity index (χ1n) is 9.97. The van der Waals surface area contributed by atoms with E-state index >= 15 is 0 Å². The van der Waals surface area contributed by atoms with E-state index in [0.29, 0.717) is 0 Å². The van der Waals surface area contributed by atoms with Gasteiger partial charge >= 0.3 is 5.97 Å². The van der Waals surface area contributed by atoms with Gasteiger partial charge in [0.1, 0.15) is 0 Å². The molecule has 2 bridgehead atoms. The van der Waals surface area contributed by atoms with Crippen molar-refractivity contribution in [2.75, 3.05) is 0 Å². The van der Waals surface area contributed by atoms with Crippen molar-refractivity contribution in [2.45, 2.75) is 43.9 Å². The Labute approximate surface area is 163 Å². The molecule has 3 aliphatic rings. The number of benzene rings is 2. The van der Waals surface area contributed by atoms with Gasteiger partial charge in [-0.1, -0.05) is 48.5 Å². The van der Waals surface area contributed by atoms with Crippen molar-refractivity contribution in [1.82, 2.24) is 5.32 Å². The molecule has 4 atom stereocenters. The summed E-state index contributed by atoms with van der Waals surface area (Å²) in [5, 5.41) is 12.9.